The van der Waals surface area contributed by atoms with Gasteiger partial charge in [-0.15, -0.1) is 0 Å². The smallest absolute Gasteiger partial charge is 0.416 e. The number of cyclic esters (lactones) is 1. The van der Waals surface area contributed by atoms with Gasteiger partial charge < -0.3 is 9.47 Å². The number of halogens is 7. The van der Waals surface area contributed by atoms with Crippen molar-refractivity contribution in [1.82, 2.24) is 14.9 Å². The highest BCUT2D eigenvalue weighted by molar-refractivity contribution is 5.90. The molecule has 3 aromatic carbocycles. The van der Waals surface area contributed by atoms with E-state index in [1.807, 2.05) is 0 Å². The largest absolute Gasteiger partial charge is 0.465 e. The second-order valence-corrected chi connectivity index (χ2v) is 10.6. The number of ether oxygens (including phenoxy) is 2. The molecule has 0 spiro atoms. The number of methoxy groups -OCH3 is 1. The summed E-state index contributed by atoms with van der Waals surface area (Å²) in [6, 6.07) is 9.10. The van der Waals surface area contributed by atoms with E-state index in [0.717, 1.165) is 4.90 Å². The molecule has 1 aliphatic heterocycles. The zero-order valence-electron chi connectivity index (χ0n) is 24.3. The first-order chi connectivity index (χ1) is 21.6. The van der Waals surface area contributed by atoms with Gasteiger partial charge in [0, 0.05) is 18.0 Å². The van der Waals surface area contributed by atoms with Crippen molar-refractivity contribution in [2.24, 2.45) is 0 Å². The zero-order valence-corrected chi connectivity index (χ0v) is 24.3. The van der Waals surface area contributed by atoms with Crippen LogP contribution in [-0.2, 0) is 28.4 Å². The lowest BCUT2D eigenvalue weighted by Gasteiger charge is -2.23. The summed E-state index contributed by atoms with van der Waals surface area (Å²) in [5.74, 6) is -1.20. The maximum absolute atomic E-state index is 15.3. The molecule has 0 N–H and O–H groups in total. The van der Waals surface area contributed by atoms with Crippen LogP contribution >= 0.6 is 0 Å². The first-order valence-electron chi connectivity index (χ1n) is 13.6. The summed E-state index contributed by atoms with van der Waals surface area (Å²) >= 11 is 0. The van der Waals surface area contributed by atoms with Gasteiger partial charge in [0.1, 0.15) is 11.9 Å². The van der Waals surface area contributed by atoms with E-state index in [1.54, 1.807) is 25.1 Å². The van der Waals surface area contributed by atoms with Crippen LogP contribution in [0.1, 0.15) is 51.3 Å². The van der Waals surface area contributed by atoms with Crippen LogP contribution in [0.25, 0.3) is 22.4 Å². The molecule has 240 valence electrons. The SMILES string of the molecule is COC(=O)c1ccc(-c2ccc(F)c(-c3nccnc3CN3C(=O)O[C@H](c4cc(C(F)(F)F)cc(C(F)(F)F)c4)[C@@H]3C)c2)c(C)c1. The number of hydrogen-bond acceptors (Lipinski definition) is 6. The molecule has 1 aromatic heterocycles. The minimum atomic E-state index is -5.09. The van der Waals surface area contributed by atoms with Crippen LogP contribution in [0, 0.1) is 12.7 Å². The number of amides is 1. The van der Waals surface area contributed by atoms with Crippen LogP contribution in [-0.4, -0.2) is 40.1 Å². The van der Waals surface area contributed by atoms with Gasteiger partial charge in [-0.2, -0.15) is 26.3 Å². The topological polar surface area (TPSA) is 81.6 Å². The maximum atomic E-state index is 15.3. The number of alkyl halides is 6. The van der Waals surface area contributed by atoms with E-state index in [0.29, 0.717) is 34.4 Å². The van der Waals surface area contributed by atoms with Gasteiger partial charge in [-0.3, -0.25) is 14.9 Å². The fourth-order valence-electron chi connectivity index (χ4n) is 5.28. The number of hydrogen-bond donors (Lipinski definition) is 0. The maximum Gasteiger partial charge on any atom is 0.416 e. The average Bonchev–Trinajstić information content (AvgIpc) is 3.28. The predicted octanol–water partition coefficient (Wildman–Crippen LogP) is 8.16. The number of aromatic nitrogens is 2. The summed E-state index contributed by atoms with van der Waals surface area (Å²) in [6.07, 6.45) is -10.1. The van der Waals surface area contributed by atoms with Crippen LogP contribution < -0.4 is 0 Å². The molecule has 7 nitrogen and oxygen atoms in total. The molecular weight excluding hydrogens is 623 g/mol. The number of carbonyl (C=O) groups excluding carboxylic acids is 2. The number of nitrogens with zero attached hydrogens (tertiary/aromatic N) is 3. The molecule has 0 aliphatic carbocycles. The summed E-state index contributed by atoms with van der Waals surface area (Å²) in [7, 11) is 1.26. The molecule has 0 saturated carbocycles. The molecule has 0 unspecified atom stereocenters. The van der Waals surface area contributed by atoms with Crippen molar-refractivity contribution < 1.29 is 49.8 Å². The molecule has 0 bridgehead atoms. The van der Waals surface area contributed by atoms with Crippen LogP contribution in [0.3, 0.4) is 0 Å². The molecule has 2 atom stereocenters. The van der Waals surface area contributed by atoms with E-state index in [-0.39, 0.29) is 29.6 Å². The van der Waals surface area contributed by atoms with Gasteiger partial charge in [0.05, 0.1) is 47.8 Å². The highest BCUT2D eigenvalue weighted by Crippen LogP contribution is 2.41. The monoisotopic (exact) mass is 647 g/mol. The van der Waals surface area contributed by atoms with Crippen molar-refractivity contribution in [3.05, 3.63) is 106 Å². The molecule has 14 heteroatoms. The summed E-state index contributed by atoms with van der Waals surface area (Å²) in [5.41, 5.74) is -1.14. The number of carbonyl (C=O) groups is 2. The lowest BCUT2D eigenvalue weighted by atomic mass is 9.95. The third-order valence-electron chi connectivity index (χ3n) is 7.60. The molecule has 2 heterocycles. The Morgan fingerprint density at radius 2 is 1.57 bits per heavy atom. The molecule has 46 heavy (non-hydrogen) atoms. The Morgan fingerprint density at radius 1 is 0.913 bits per heavy atom. The van der Waals surface area contributed by atoms with Crippen molar-refractivity contribution in [3.63, 3.8) is 0 Å². The van der Waals surface area contributed by atoms with E-state index in [4.69, 9.17) is 9.47 Å². The van der Waals surface area contributed by atoms with Gasteiger partial charge in [0.2, 0.25) is 0 Å². The van der Waals surface area contributed by atoms with Gasteiger partial charge >= 0.3 is 24.4 Å². The molecule has 1 saturated heterocycles. The fourth-order valence-corrected chi connectivity index (χ4v) is 5.28. The standard InChI is InChI=1S/C32H24F7N3O4/c1-16-10-19(29(43)45-3)4-6-23(16)18-5-7-25(33)24(13-18)27-26(40-8-9-41-27)15-42-17(2)28(46-30(42)44)20-11-21(31(34,35)36)14-22(12-20)32(37,38)39/h4-14,17,28H,15H2,1-3H3/t17-,28-/m0/s1. The summed E-state index contributed by atoms with van der Waals surface area (Å²) < 4.78 is 106. The summed E-state index contributed by atoms with van der Waals surface area (Å²) in [4.78, 5) is 34.4. The minimum Gasteiger partial charge on any atom is -0.465 e. The first kappa shape index (κ1) is 32.4. The first-order valence-corrected chi connectivity index (χ1v) is 13.6. The Balaban J connectivity index is 1.48. The zero-order chi connectivity index (χ0) is 33.6. The van der Waals surface area contributed by atoms with E-state index >= 15 is 4.39 Å². The van der Waals surface area contributed by atoms with Crippen molar-refractivity contribution in [3.8, 4) is 22.4 Å². The van der Waals surface area contributed by atoms with Gasteiger partial charge in [0.25, 0.3) is 0 Å². The van der Waals surface area contributed by atoms with Crippen molar-refractivity contribution in [1.29, 1.82) is 0 Å². The van der Waals surface area contributed by atoms with E-state index in [1.165, 1.54) is 44.6 Å². The summed E-state index contributed by atoms with van der Waals surface area (Å²) in [5, 5.41) is 0. The normalized spacial score (nSPS) is 16.8. The van der Waals surface area contributed by atoms with Gasteiger partial charge in [-0.05, 0) is 78.6 Å². The van der Waals surface area contributed by atoms with Gasteiger partial charge in [0.15, 0.2) is 0 Å². The van der Waals surface area contributed by atoms with Gasteiger partial charge in [-0.25, -0.2) is 14.0 Å². The Bertz CT molecular complexity index is 1790. The van der Waals surface area contributed by atoms with Crippen molar-refractivity contribution in [2.45, 2.75) is 44.9 Å². The molecule has 5 rings (SSSR count). The lowest BCUT2D eigenvalue weighted by molar-refractivity contribution is -0.143. The van der Waals surface area contributed by atoms with Crippen molar-refractivity contribution in [2.75, 3.05) is 7.11 Å². The lowest BCUT2D eigenvalue weighted by Crippen LogP contribution is -2.32. The molecule has 1 amide bonds. The Hall–Kier alpha value is -5.01. The number of benzene rings is 3. The third-order valence-corrected chi connectivity index (χ3v) is 7.60. The van der Waals surface area contributed by atoms with E-state index in [2.05, 4.69) is 9.97 Å². The molecule has 1 aliphatic rings. The summed E-state index contributed by atoms with van der Waals surface area (Å²) in [6.45, 7) is 2.82. The predicted molar refractivity (Wildman–Crippen MR) is 150 cm³/mol. The van der Waals surface area contributed by atoms with Crippen LogP contribution in [0.4, 0.5) is 35.5 Å². The third kappa shape index (κ3) is 6.37. The second-order valence-electron chi connectivity index (χ2n) is 10.6. The number of esters is 1. The quantitative estimate of drug-likeness (QED) is 0.155. The minimum absolute atomic E-state index is 0.00774. The molecular formula is C32H24F7N3O4. The Kier molecular flexibility index (Phi) is 8.49. The molecule has 1 fully saturated rings. The second kappa shape index (κ2) is 12.1. The number of aryl methyl sites for hydroxylation is 1. The van der Waals surface area contributed by atoms with Crippen LogP contribution in [0.15, 0.2) is 67.0 Å². The van der Waals surface area contributed by atoms with Gasteiger partial charge in [-0.1, -0.05) is 12.1 Å². The Labute approximate surface area is 257 Å². The average molecular weight is 648 g/mol. The fraction of sp³-hybridized carbons (Fsp3) is 0.250. The number of rotatable bonds is 6. The van der Waals surface area contributed by atoms with E-state index in [9.17, 15) is 35.9 Å². The van der Waals surface area contributed by atoms with Crippen LogP contribution in [0.2, 0.25) is 0 Å². The highest BCUT2D eigenvalue weighted by Gasteiger charge is 2.43. The molecule has 4 aromatic rings. The van der Waals surface area contributed by atoms with Crippen molar-refractivity contribution >= 4 is 12.1 Å². The van der Waals surface area contributed by atoms with Crippen LogP contribution in [0.5, 0.6) is 0 Å². The molecule has 0 radical (unpaired) electrons. The Morgan fingerprint density at radius 3 is 2.17 bits per heavy atom. The van der Waals surface area contributed by atoms with E-state index < -0.39 is 59.1 Å². The highest BCUT2D eigenvalue weighted by atomic mass is 19.4.